The van der Waals surface area contributed by atoms with Crippen molar-refractivity contribution >= 4 is 10.0 Å². The molecule has 2 aliphatic heterocycles. The third-order valence-electron chi connectivity index (χ3n) is 5.09. The summed E-state index contributed by atoms with van der Waals surface area (Å²) in [5, 5.41) is 0. The van der Waals surface area contributed by atoms with E-state index in [9.17, 15) is 8.42 Å². The molecule has 4 rings (SSSR count). The Morgan fingerprint density at radius 3 is 2.69 bits per heavy atom. The van der Waals surface area contributed by atoms with E-state index in [4.69, 9.17) is 18.9 Å². The molecule has 0 aliphatic carbocycles. The van der Waals surface area contributed by atoms with Crippen LogP contribution in [0.1, 0.15) is 11.6 Å². The van der Waals surface area contributed by atoms with Crippen LogP contribution in [0.4, 0.5) is 0 Å². The molecule has 1 unspecified atom stereocenters. The molecule has 29 heavy (non-hydrogen) atoms. The molecule has 1 atom stereocenters. The number of ether oxygens (including phenoxy) is 4. The van der Waals surface area contributed by atoms with Crippen molar-refractivity contribution in [3.63, 3.8) is 0 Å². The van der Waals surface area contributed by atoms with Gasteiger partial charge >= 0.3 is 0 Å². The van der Waals surface area contributed by atoms with E-state index in [0.29, 0.717) is 24.7 Å². The Kier molecular flexibility index (Phi) is 5.91. The maximum atomic E-state index is 12.9. The number of sulfonamides is 1. The zero-order valence-corrected chi connectivity index (χ0v) is 17.0. The fourth-order valence-corrected chi connectivity index (χ4v) is 4.57. The molecule has 2 aromatic carbocycles. The predicted molar refractivity (Wildman–Crippen MR) is 106 cm³/mol. The van der Waals surface area contributed by atoms with Gasteiger partial charge in [0.1, 0.15) is 5.75 Å². The van der Waals surface area contributed by atoms with E-state index in [0.717, 1.165) is 24.4 Å². The average Bonchev–Trinajstić information content (AvgIpc) is 3.23. The van der Waals surface area contributed by atoms with Crippen LogP contribution >= 0.6 is 0 Å². The van der Waals surface area contributed by atoms with Crippen molar-refractivity contribution in [3.8, 4) is 17.2 Å². The molecule has 8 nitrogen and oxygen atoms in total. The van der Waals surface area contributed by atoms with Crippen molar-refractivity contribution in [3.05, 3.63) is 48.0 Å². The first-order valence-electron chi connectivity index (χ1n) is 9.42. The molecule has 9 heteroatoms. The number of rotatable bonds is 7. The highest BCUT2D eigenvalue weighted by molar-refractivity contribution is 7.89. The van der Waals surface area contributed by atoms with Gasteiger partial charge in [-0.3, -0.25) is 4.90 Å². The van der Waals surface area contributed by atoms with Crippen molar-refractivity contribution in [2.45, 2.75) is 10.9 Å². The third-order valence-corrected chi connectivity index (χ3v) is 6.51. The highest BCUT2D eigenvalue weighted by atomic mass is 32.2. The molecule has 0 radical (unpaired) electrons. The van der Waals surface area contributed by atoms with Gasteiger partial charge in [-0.2, -0.15) is 0 Å². The largest absolute Gasteiger partial charge is 0.497 e. The fourth-order valence-electron chi connectivity index (χ4n) is 3.51. The van der Waals surface area contributed by atoms with Crippen LogP contribution in [-0.2, 0) is 14.8 Å². The monoisotopic (exact) mass is 420 g/mol. The van der Waals surface area contributed by atoms with Crippen LogP contribution in [0.15, 0.2) is 47.4 Å². The molecule has 1 fully saturated rings. The first kappa shape index (κ1) is 20.0. The van der Waals surface area contributed by atoms with E-state index in [1.807, 2.05) is 24.3 Å². The summed E-state index contributed by atoms with van der Waals surface area (Å²) in [5.74, 6) is 1.72. The van der Waals surface area contributed by atoms with Crippen molar-refractivity contribution in [2.75, 3.05) is 46.8 Å². The summed E-state index contributed by atoms with van der Waals surface area (Å²) in [6.45, 7) is 3.02. The van der Waals surface area contributed by atoms with Crippen LogP contribution < -0.4 is 18.9 Å². The maximum Gasteiger partial charge on any atom is 0.240 e. The van der Waals surface area contributed by atoms with Crippen LogP contribution in [-0.4, -0.2) is 60.1 Å². The molecule has 2 aliphatic rings. The number of nitrogens with one attached hydrogen (secondary N) is 1. The quantitative estimate of drug-likeness (QED) is 0.731. The normalized spacial score (nSPS) is 17.8. The van der Waals surface area contributed by atoms with Crippen molar-refractivity contribution in [1.82, 2.24) is 9.62 Å². The maximum absolute atomic E-state index is 12.9. The molecule has 0 bridgehead atoms. The van der Waals surface area contributed by atoms with Gasteiger partial charge in [-0.15, -0.1) is 0 Å². The summed E-state index contributed by atoms with van der Waals surface area (Å²) in [7, 11) is -2.10. The van der Waals surface area contributed by atoms with Gasteiger partial charge in [-0.05, 0) is 29.8 Å². The molecule has 0 aromatic heterocycles. The van der Waals surface area contributed by atoms with Gasteiger partial charge in [0.15, 0.2) is 11.5 Å². The Bertz CT molecular complexity index is 959. The minimum Gasteiger partial charge on any atom is -0.497 e. The summed E-state index contributed by atoms with van der Waals surface area (Å²) in [5.41, 5.74) is 0.986. The lowest BCUT2D eigenvalue weighted by Gasteiger charge is -2.35. The number of fused-ring (bicyclic) bond motifs is 1. The molecule has 1 saturated heterocycles. The number of hydrogen-bond acceptors (Lipinski definition) is 7. The number of benzene rings is 2. The predicted octanol–water partition coefficient (Wildman–Crippen LogP) is 1.78. The Labute approximate surface area is 170 Å². The van der Waals surface area contributed by atoms with Crippen molar-refractivity contribution in [1.29, 1.82) is 0 Å². The van der Waals surface area contributed by atoms with E-state index in [2.05, 4.69) is 9.62 Å². The molecule has 2 aromatic rings. The topological polar surface area (TPSA) is 86.3 Å². The number of morpholine rings is 1. The lowest BCUT2D eigenvalue weighted by molar-refractivity contribution is 0.0171. The molecule has 0 amide bonds. The Morgan fingerprint density at radius 1 is 1.10 bits per heavy atom. The van der Waals surface area contributed by atoms with E-state index in [-0.39, 0.29) is 24.3 Å². The summed E-state index contributed by atoms with van der Waals surface area (Å²) in [6.07, 6.45) is 0. The third kappa shape index (κ3) is 4.48. The van der Waals surface area contributed by atoms with E-state index in [1.54, 1.807) is 13.2 Å². The Balaban J connectivity index is 1.55. The number of methoxy groups -OCH3 is 1. The van der Waals surface area contributed by atoms with Crippen LogP contribution in [0.2, 0.25) is 0 Å². The average molecular weight is 420 g/mol. The molecular weight excluding hydrogens is 396 g/mol. The van der Waals surface area contributed by atoms with Crippen molar-refractivity contribution < 1.29 is 27.4 Å². The van der Waals surface area contributed by atoms with Gasteiger partial charge < -0.3 is 18.9 Å². The van der Waals surface area contributed by atoms with Gasteiger partial charge in [0.25, 0.3) is 0 Å². The first-order valence-corrected chi connectivity index (χ1v) is 10.9. The van der Waals surface area contributed by atoms with Crippen LogP contribution in [0.25, 0.3) is 0 Å². The van der Waals surface area contributed by atoms with Crippen LogP contribution in [0, 0.1) is 0 Å². The summed E-state index contributed by atoms with van der Waals surface area (Å²) >= 11 is 0. The van der Waals surface area contributed by atoms with E-state index in [1.165, 1.54) is 12.1 Å². The SMILES string of the molecule is COc1cccc(C(CNS(=O)(=O)c2ccc3c(c2)OCO3)N2CCOCC2)c1. The number of nitrogens with zero attached hydrogens (tertiary/aromatic N) is 1. The van der Waals surface area contributed by atoms with Crippen LogP contribution in [0.3, 0.4) is 0 Å². The second-order valence-electron chi connectivity index (χ2n) is 6.81. The molecule has 1 N–H and O–H groups in total. The Hall–Kier alpha value is -2.33. The van der Waals surface area contributed by atoms with Gasteiger partial charge in [0.05, 0.1) is 25.2 Å². The Morgan fingerprint density at radius 2 is 1.90 bits per heavy atom. The smallest absolute Gasteiger partial charge is 0.240 e. The van der Waals surface area contributed by atoms with E-state index >= 15 is 0 Å². The zero-order chi connectivity index (χ0) is 20.3. The van der Waals surface area contributed by atoms with Crippen molar-refractivity contribution in [2.24, 2.45) is 0 Å². The fraction of sp³-hybridized carbons (Fsp3) is 0.400. The highest BCUT2D eigenvalue weighted by Gasteiger charge is 2.26. The molecule has 2 heterocycles. The second kappa shape index (κ2) is 8.58. The minimum absolute atomic E-state index is 0.0984. The van der Waals surface area contributed by atoms with E-state index < -0.39 is 10.0 Å². The van der Waals surface area contributed by atoms with Gasteiger partial charge in [0, 0.05) is 31.7 Å². The zero-order valence-electron chi connectivity index (χ0n) is 16.2. The number of hydrogen-bond donors (Lipinski definition) is 1. The molecule has 156 valence electrons. The van der Waals surface area contributed by atoms with Gasteiger partial charge in [0.2, 0.25) is 16.8 Å². The van der Waals surface area contributed by atoms with Gasteiger partial charge in [-0.25, -0.2) is 13.1 Å². The lowest BCUT2D eigenvalue weighted by Crippen LogP contribution is -2.43. The standard InChI is InChI=1S/C20H24N2O6S/c1-25-16-4-2-3-15(11-16)18(22-7-9-26-10-8-22)13-21-29(23,24)17-5-6-19-20(12-17)28-14-27-19/h2-6,11-12,18,21H,7-10,13-14H2,1H3. The molecule has 0 saturated carbocycles. The lowest BCUT2D eigenvalue weighted by atomic mass is 10.0. The minimum atomic E-state index is -3.71. The summed E-state index contributed by atoms with van der Waals surface area (Å²) < 4.78 is 49.9. The second-order valence-corrected chi connectivity index (χ2v) is 8.57. The molecular formula is C20H24N2O6S. The summed E-state index contributed by atoms with van der Waals surface area (Å²) in [6, 6.07) is 12.2. The van der Waals surface area contributed by atoms with Crippen LogP contribution in [0.5, 0.6) is 17.2 Å². The van der Waals surface area contributed by atoms with Gasteiger partial charge in [-0.1, -0.05) is 12.1 Å². The first-order chi connectivity index (χ1) is 14.1. The molecule has 0 spiro atoms. The summed E-state index contributed by atoms with van der Waals surface area (Å²) in [4.78, 5) is 2.37. The highest BCUT2D eigenvalue weighted by Crippen LogP contribution is 2.34.